The van der Waals surface area contributed by atoms with Gasteiger partial charge < -0.3 is 16.2 Å². The van der Waals surface area contributed by atoms with Crippen molar-refractivity contribution in [3.8, 4) is 0 Å². The van der Waals surface area contributed by atoms with Crippen LogP contribution in [0.5, 0.6) is 0 Å². The van der Waals surface area contributed by atoms with E-state index in [1.807, 2.05) is 0 Å². The summed E-state index contributed by atoms with van der Waals surface area (Å²) in [6.45, 7) is 0. The van der Waals surface area contributed by atoms with Crippen molar-refractivity contribution in [3.05, 3.63) is 35.5 Å². The van der Waals surface area contributed by atoms with Crippen LogP contribution in [-0.4, -0.2) is 11.8 Å². The molecule has 0 amide bonds. The summed E-state index contributed by atoms with van der Waals surface area (Å²) in [5.41, 5.74) is 23.8. The summed E-state index contributed by atoms with van der Waals surface area (Å²) in [7, 11) is 0. The van der Waals surface area contributed by atoms with Crippen molar-refractivity contribution in [3.63, 3.8) is 0 Å². The number of anilines is 1. The lowest BCUT2D eigenvalue weighted by Crippen LogP contribution is -2.50. The Bertz CT molecular complexity index is 476. The van der Waals surface area contributed by atoms with Crippen molar-refractivity contribution in [1.29, 1.82) is 0 Å². The molecule has 0 atom stereocenters. The minimum atomic E-state index is -1.68. The van der Waals surface area contributed by atoms with Crippen LogP contribution in [0.3, 0.4) is 0 Å². The van der Waals surface area contributed by atoms with Gasteiger partial charge in [-0.1, -0.05) is 12.1 Å². The van der Waals surface area contributed by atoms with Gasteiger partial charge in [-0.2, -0.15) is 0 Å². The van der Waals surface area contributed by atoms with E-state index in [1.54, 1.807) is 24.3 Å². The highest BCUT2D eigenvalue weighted by molar-refractivity contribution is 6.03. The van der Waals surface area contributed by atoms with Crippen molar-refractivity contribution < 1.29 is 9.53 Å². The molecule has 0 saturated heterocycles. The lowest BCUT2D eigenvalue weighted by atomic mass is 10.0. The second kappa shape index (κ2) is 3.22. The van der Waals surface area contributed by atoms with Gasteiger partial charge in [-0.15, -0.1) is 0 Å². The number of rotatable bonds is 1. The Morgan fingerprint density at radius 1 is 1.06 bits per heavy atom. The van der Waals surface area contributed by atoms with Crippen LogP contribution in [0.2, 0.25) is 0 Å². The molecule has 1 heterocycles. The van der Waals surface area contributed by atoms with E-state index in [2.05, 4.69) is 0 Å². The molecule has 6 nitrogen and oxygen atoms in total. The second-order valence-electron chi connectivity index (χ2n) is 3.59. The van der Waals surface area contributed by atoms with Gasteiger partial charge in [0.25, 0.3) is 0 Å². The van der Waals surface area contributed by atoms with E-state index in [9.17, 15) is 4.79 Å². The highest BCUT2D eigenvalue weighted by Gasteiger charge is 2.41. The Labute approximate surface area is 91.8 Å². The third-order valence-electron chi connectivity index (χ3n) is 2.34. The van der Waals surface area contributed by atoms with Gasteiger partial charge in [0.1, 0.15) is 5.70 Å². The zero-order valence-corrected chi connectivity index (χ0v) is 8.44. The van der Waals surface area contributed by atoms with E-state index in [4.69, 9.17) is 27.7 Å². The summed E-state index contributed by atoms with van der Waals surface area (Å²) in [4.78, 5) is 11.3. The standard InChI is InChI=1S/C10H12N4O2/c11-6-3-1-5(2-4-6)7-8(12)9(15)16-10(7,13)14/h1-4H,11-14H2. The zero-order valence-electron chi connectivity index (χ0n) is 8.44. The van der Waals surface area contributed by atoms with Crippen LogP contribution in [0, 0.1) is 0 Å². The molecule has 0 saturated carbocycles. The largest absolute Gasteiger partial charge is 0.421 e. The molecule has 0 fully saturated rings. The number of benzene rings is 1. The van der Waals surface area contributed by atoms with Gasteiger partial charge in [-0.05, 0) is 17.7 Å². The van der Waals surface area contributed by atoms with E-state index >= 15 is 0 Å². The quantitative estimate of drug-likeness (QED) is 0.274. The van der Waals surface area contributed by atoms with Crippen LogP contribution >= 0.6 is 0 Å². The SMILES string of the molecule is NC1=C(c2ccc(N)cc2)C(N)(N)OC1=O. The molecule has 0 spiro atoms. The summed E-state index contributed by atoms with van der Waals surface area (Å²) >= 11 is 0. The van der Waals surface area contributed by atoms with Crippen molar-refractivity contribution in [2.45, 2.75) is 5.85 Å². The number of carbonyl (C=O) groups is 1. The predicted molar refractivity (Wildman–Crippen MR) is 59.2 cm³/mol. The van der Waals surface area contributed by atoms with Crippen LogP contribution in [0.4, 0.5) is 5.69 Å². The summed E-state index contributed by atoms with van der Waals surface area (Å²) in [6, 6.07) is 6.67. The van der Waals surface area contributed by atoms with Gasteiger partial charge in [0.15, 0.2) is 0 Å². The summed E-state index contributed by atoms with van der Waals surface area (Å²) < 4.78 is 4.74. The Balaban J connectivity index is 2.54. The average Bonchev–Trinajstić information content (AvgIpc) is 2.39. The Hall–Kier alpha value is -2.05. The highest BCUT2D eigenvalue weighted by Crippen LogP contribution is 2.31. The molecule has 0 bridgehead atoms. The number of ether oxygens (including phenoxy) is 1. The molecule has 84 valence electrons. The minimum Gasteiger partial charge on any atom is -0.421 e. The Kier molecular flexibility index (Phi) is 2.11. The first kappa shape index (κ1) is 10.5. The normalized spacial score (nSPS) is 18.8. The van der Waals surface area contributed by atoms with Gasteiger partial charge in [0.2, 0.25) is 5.85 Å². The lowest BCUT2D eigenvalue weighted by molar-refractivity contribution is -0.145. The highest BCUT2D eigenvalue weighted by atomic mass is 16.6. The molecular formula is C10H12N4O2. The number of nitrogens with two attached hydrogens (primary N) is 4. The Morgan fingerprint density at radius 3 is 2.06 bits per heavy atom. The number of cyclic esters (lactones) is 1. The maximum Gasteiger partial charge on any atom is 0.357 e. The van der Waals surface area contributed by atoms with Gasteiger partial charge >= 0.3 is 5.97 Å². The molecule has 8 N–H and O–H groups in total. The number of hydrogen-bond donors (Lipinski definition) is 4. The molecule has 1 aromatic rings. The molecule has 0 aliphatic carbocycles. The molecule has 0 aromatic heterocycles. The minimum absolute atomic E-state index is 0.0743. The molecule has 2 rings (SSSR count). The van der Waals surface area contributed by atoms with Crippen LogP contribution in [0.15, 0.2) is 30.0 Å². The second-order valence-corrected chi connectivity index (χ2v) is 3.59. The van der Waals surface area contributed by atoms with Gasteiger partial charge in [-0.3, -0.25) is 11.5 Å². The van der Waals surface area contributed by atoms with Gasteiger partial charge in [0.05, 0.1) is 5.57 Å². The van der Waals surface area contributed by atoms with E-state index in [-0.39, 0.29) is 11.3 Å². The predicted octanol–water partition coefficient (Wildman–Crippen LogP) is -0.933. The monoisotopic (exact) mass is 220 g/mol. The van der Waals surface area contributed by atoms with Crippen molar-refractivity contribution in [1.82, 2.24) is 0 Å². The lowest BCUT2D eigenvalue weighted by Gasteiger charge is -2.20. The third-order valence-corrected chi connectivity index (χ3v) is 2.34. The molecule has 1 aliphatic heterocycles. The van der Waals surface area contributed by atoms with Gasteiger partial charge in [0, 0.05) is 5.69 Å². The summed E-state index contributed by atoms with van der Waals surface area (Å²) in [6.07, 6.45) is 0. The molecule has 6 heteroatoms. The zero-order chi connectivity index (χ0) is 11.9. The number of nitrogen functional groups attached to an aromatic ring is 1. The topological polar surface area (TPSA) is 130 Å². The molecule has 0 radical (unpaired) electrons. The fourth-order valence-corrected chi connectivity index (χ4v) is 1.60. The molecule has 16 heavy (non-hydrogen) atoms. The third kappa shape index (κ3) is 1.50. The van der Waals surface area contributed by atoms with E-state index in [0.29, 0.717) is 11.3 Å². The van der Waals surface area contributed by atoms with E-state index in [0.717, 1.165) is 0 Å². The summed E-state index contributed by atoms with van der Waals surface area (Å²) in [5, 5.41) is 0. The van der Waals surface area contributed by atoms with Crippen LogP contribution in [0.25, 0.3) is 5.57 Å². The average molecular weight is 220 g/mol. The first-order valence-electron chi connectivity index (χ1n) is 4.59. The van der Waals surface area contributed by atoms with Crippen LogP contribution in [-0.2, 0) is 9.53 Å². The first-order chi connectivity index (χ1) is 7.42. The molecule has 1 aromatic carbocycles. The van der Waals surface area contributed by atoms with E-state index < -0.39 is 11.8 Å². The number of hydrogen-bond acceptors (Lipinski definition) is 6. The summed E-state index contributed by atoms with van der Waals surface area (Å²) in [5.74, 6) is -2.39. The molecular weight excluding hydrogens is 208 g/mol. The van der Waals surface area contributed by atoms with Crippen LogP contribution in [0.1, 0.15) is 5.56 Å². The van der Waals surface area contributed by atoms with Crippen LogP contribution < -0.4 is 22.9 Å². The van der Waals surface area contributed by atoms with Gasteiger partial charge in [-0.25, -0.2) is 4.79 Å². The number of esters is 1. The van der Waals surface area contributed by atoms with Crippen molar-refractivity contribution in [2.24, 2.45) is 17.2 Å². The first-order valence-corrected chi connectivity index (χ1v) is 4.59. The smallest absolute Gasteiger partial charge is 0.357 e. The van der Waals surface area contributed by atoms with Crippen molar-refractivity contribution in [2.75, 3.05) is 5.73 Å². The maximum atomic E-state index is 11.3. The van der Waals surface area contributed by atoms with Crippen molar-refractivity contribution >= 4 is 17.2 Å². The fraction of sp³-hybridized carbons (Fsp3) is 0.100. The Morgan fingerprint density at radius 2 is 1.62 bits per heavy atom. The van der Waals surface area contributed by atoms with E-state index in [1.165, 1.54) is 0 Å². The molecule has 0 unspecified atom stereocenters. The maximum absolute atomic E-state index is 11.3. The molecule has 1 aliphatic rings. The number of carbonyl (C=O) groups excluding carboxylic acids is 1. The fourth-order valence-electron chi connectivity index (χ4n) is 1.60.